The monoisotopic (exact) mass is 550 g/mol. The van der Waals surface area contributed by atoms with Crippen LogP contribution >= 0.6 is 15.9 Å². The van der Waals surface area contributed by atoms with Gasteiger partial charge in [-0.15, -0.1) is 0 Å². The first-order valence-corrected chi connectivity index (χ1v) is 12.2. The van der Waals surface area contributed by atoms with E-state index in [1.54, 1.807) is 33.0 Å². The van der Waals surface area contributed by atoms with Crippen LogP contribution in [-0.4, -0.2) is 85.3 Å². The van der Waals surface area contributed by atoms with E-state index in [2.05, 4.69) is 20.9 Å². The van der Waals surface area contributed by atoms with E-state index in [9.17, 15) is 13.6 Å². The fourth-order valence-corrected chi connectivity index (χ4v) is 3.52. The van der Waals surface area contributed by atoms with E-state index in [4.69, 9.17) is 23.7 Å². The van der Waals surface area contributed by atoms with Crippen molar-refractivity contribution in [3.05, 3.63) is 22.8 Å². The number of likely N-dealkylation sites (tertiary alicyclic amines) is 1. The minimum atomic E-state index is -3.09. The van der Waals surface area contributed by atoms with Crippen LogP contribution in [0.5, 0.6) is 5.88 Å². The number of ether oxygens (including phenoxy) is 5. The van der Waals surface area contributed by atoms with Crippen molar-refractivity contribution in [2.75, 3.05) is 39.5 Å². The quantitative estimate of drug-likeness (QED) is 0.356. The average Bonchev–Trinajstić information content (AvgIpc) is 2.67. The number of hydrogen-bond acceptors (Lipinski definition) is 7. The Morgan fingerprint density at radius 1 is 1.09 bits per heavy atom. The largest absolute Gasteiger partial charge is 0.474 e. The molecule has 0 radical (unpaired) electrons. The third kappa shape index (κ3) is 9.24. The van der Waals surface area contributed by atoms with Crippen LogP contribution < -0.4 is 4.74 Å². The van der Waals surface area contributed by atoms with E-state index in [1.165, 1.54) is 4.90 Å². The number of nitrogens with zero attached hydrogens (tertiary/aromatic N) is 2. The molecular weight excluding hydrogens is 518 g/mol. The molecule has 8 nitrogen and oxygen atoms in total. The molecule has 0 bridgehead atoms. The van der Waals surface area contributed by atoms with Crippen molar-refractivity contribution in [1.82, 2.24) is 9.88 Å². The van der Waals surface area contributed by atoms with Crippen molar-refractivity contribution < 1.29 is 37.3 Å². The van der Waals surface area contributed by atoms with Gasteiger partial charge >= 0.3 is 6.09 Å². The van der Waals surface area contributed by atoms with Gasteiger partial charge in [-0.1, -0.05) is 0 Å². The predicted molar refractivity (Wildman–Crippen MR) is 123 cm³/mol. The second-order valence-corrected chi connectivity index (χ2v) is 10.5. The maximum absolute atomic E-state index is 14.0. The highest BCUT2D eigenvalue weighted by Gasteiger charge is 2.38. The maximum Gasteiger partial charge on any atom is 0.410 e. The summed E-state index contributed by atoms with van der Waals surface area (Å²) >= 11 is 3.33. The molecule has 1 saturated carbocycles. The third-order valence-electron chi connectivity index (χ3n) is 5.17. The number of carbonyl (C=O) groups excluding carboxylic acids is 1. The summed E-state index contributed by atoms with van der Waals surface area (Å²) in [6.45, 7) is 4.97. The summed E-state index contributed by atoms with van der Waals surface area (Å²) < 4.78 is 55.8. The molecule has 1 amide bonds. The van der Waals surface area contributed by atoms with Crippen molar-refractivity contribution in [1.29, 1.82) is 0 Å². The van der Waals surface area contributed by atoms with Gasteiger partial charge in [-0.25, -0.2) is 18.6 Å². The fraction of sp³-hybridized carbons (Fsp3) is 0.739. The zero-order valence-electron chi connectivity index (χ0n) is 19.8. The summed E-state index contributed by atoms with van der Waals surface area (Å²) in [5, 5.41) is 0. The third-order valence-corrected chi connectivity index (χ3v) is 5.64. The number of pyridine rings is 1. The molecule has 1 aromatic rings. The van der Waals surface area contributed by atoms with Crippen LogP contribution in [0.4, 0.5) is 13.6 Å². The highest BCUT2D eigenvalue weighted by atomic mass is 79.9. The van der Waals surface area contributed by atoms with Gasteiger partial charge in [0, 0.05) is 42.8 Å². The lowest BCUT2D eigenvalue weighted by Gasteiger charge is -2.39. The zero-order valence-corrected chi connectivity index (χ0v) is 21.4. The van der Waals surface area contributed by atoms with Crippen molar-refractivity contribution in [3.8, 4) is 5.88 Å². The Bertz CT molecular complexity index is 781. The molecule has 34 heavy (non-hydrogen) atoms. The zero-order chi connectivity index (χ0) is 24.8. The van der Waals surface area contributed by atoms with Crippen molar-refractivity contribution in [2.45, 2.75) is 69.9 Å². The van der Waals surface area contributed by atoms with Crippen molar-refractivity contribution in [3.63, 3.8) is 0 Å². The van der Waals surface area contributed by atoms with Gasteiger partial charge in [0.25, 0.3) is 5.92 Å². The molecule has 1 aromatic heterocycles. The normalized spacial score (nSPS) is 21.1. The summed E-state index contributed by atoms with van der Waals surface area (Å²) in [4.78, 5) is 17.4. The van der Waals surface area contributed by atoms with Crippen LogP contribution in [0.1, 0.15) is 40.0 Å². The minimum Gasteiger partial charge on any atom is -0.474 e. The molecule has 2 heterocycles. The first kappa shape index (κ1) is 27.0. The van der Waals surface area contributed by atoms with Gasteiger partial charge < -0.3 is 28.6 Å². The molecule has 0 spiro atoms. The van der Waals surface area contributed by atoms with Crippen molar-refractivity contribution in [2.24, 2.45) is 0 Å². The smallest absolute Gasteiger partial charge is 0.410 e. The van der Waals surface area contributed by atoms with E-state index in [-0.39, 0.29) is 31.9 Å². The number of hydrogen-bond donors (Lipinski definition) is 0. The van der Waals surface area contributed by atoms with Gasteiger partial charge in [0.2, 0.25) is 5.88 Å². The molecule has 1 aliphatic heterocycles. The molecule has 1 aliphatic carbocycles. The van der Waals surface area contributed by atoms with Gasteiger partial charge in [-0.05, 0) is 49.2 Å². The van der Waals surface area contributed by atoms with Crippen LogP contribution in [0.25, 0.3) is 0 Å². The first-order valence-electron chi connectivity index (χ1n) is 11.4. The molecule has 192 valence electrons. The van der Waals surface area contributed by atoms with Crippen LogP contribution in [0.2, 0.25) is 0 Å². The Kier molecular flexibility index (Phi) is 9.48. The lowest BCUT2D eigenvalue weighted by molar-refractivity contribution is -0.157. The molecule has 0 unspecified atom stereocenters. The Balaban J connectivity index is 1.16. The Labute approximate surface area is 207 Å². The van der Waals surface area contributed by atoms with E-state index >= 15 is 0 Å². The minimum absolute atomic E-state index is 0.0838. The molecule has 0 atom stereocenters. The Morgan fingerprint density at radius 3 is 2.47 bits per heavy atom. The molecule has 2 fully saturated rings. The van der Waals surface area contributed by atoms with E-state index in [0.29, 0.717) is 18.9 Å². The molecule has 0 aromatic carbocycles. The number of halogens is 3. The topological polar surface area (TPSA) is 79.4 Å². The van der Waals surface area contributed by atoms with Crippen LogP contribution in [0.3, 0.4) is 0 Å². The van der Waals surface area contributed by atoms with Crippen LogP contribution in [0.15, 0.2) is 22.8 Å². The molecule has 1 saturated heterocycles. The second kappa shape index (κ2) is 11.9. The van der Waals surface area contributed by atoms with Crippen LogP contribution in [-0.2, 0) is 18.9 Å². The van der Waals surface area contributed by atoms with Crippen LogP contribution in [0, 0.1) is 0 Å². The number of aromatic nitrogens is 1. The predicted octanol–water partition coefficient (Wildman–Crippen LogP) is 4.45. The number of rotatable bonds is 12. The molecule has 2 aliphatic rings. The fourth-order valence-electron chi connectivity index (χ4n) is 3.29. The van der Waals surface area contributed by atoms with Gasteiger partial charge in [-0.3, -0.25) is 0 Å². The molecule has 11 heteroatoms. The SMILES string of the molecule is CC(C)(C)OC(=O)N1CC(OCC(F)(F)COCCCOC2CC(Oc3ccc(Br)cn3)C2)C1. The van der Waals surface area contributed by atoms with Gasteiger partial charge in [0.1, 0.15) is 24.9 Å². The number of amides is 1. The highest BCUT2D eigenvalue weighted by Crippen LogP contribution is 2.28. The first-order chi connectivity index (χ1) is 16.0. The standard InChI is InChI=1S/C23H33BrF2N2O6/c1-22(2,3)34-21(29)28-12-19(13-28)32-15-23(25,26)14-30-7-4-8-31-17-9-18(10-17)33-20-6-5-16(24)11-27-20/h5-6,11,17-19H,4,7-10,12-15H2,1-3H3. The summed E-state index contributed by atoms with van der Waals surface area (Å²) in [5.74, 6) is -2.50. The Morgan fingerprint density at radius 2 is 1.82 bits per heavy atom. The highest BCUT2D eigenvalue weighted by molar-refractivity contribution is 9.10. The lowest BCUT2D eigenvalue weighted by Crippen LogP contribution is -2.56. The summed E-state index contributed by atoms with van der Waals surface area (Å²) in [5.41, 5.74) is -0.592. The molecular formula is C23H33BrF2N2O6. The lowest BCUT2D eigenvalue weighted by atomic mass is 9.92. The van der Waals surface area contributed by atoms with E-state index in [0.717, 1.165) is 17.3 Å². The second-order valence-electron chi connectivity index (χ2n) is 9.60. The molecule has 0 N–H and O–H groups in total. The van der Waals surface area contributed by atoms with Crippen molar-refractivity contribution >= 4 is 22.0 Å². The number of alkyl halides is 2. The number of carbonyl (C=O) groups is 1. The Hall–Kier alpha value is -1.56. The van der Waals surface area contributed by atoms with Gasteiger partial charge in [0.05, 0.1) is 25.3 Å². The summed E-state index contributed by atoms with van der Waals surface area (Å²) in [6, 6.07) is 3.68. The van der Waals surface area contributed by atoms with Gasteiger partial charge in [0.15, 0.2) is 0 Å². The maximum atomic E-state index is 14.0. The van der Waals surface area contributed by atoms with E-state index in [1.807, 2.05) is 6.07 Å². The van der Waals surface area contributed by atoms with Gasteiger partial charge in [-0.2, -0.15) is 0 Å². The average molecular weight is 551 g/mol. The molecule has 3 rings (SSSR count). The summed E-state index contributed by atoms with van der Waals surface area (Å²) in [7, 11) is 0. The van der Waals surface area contributed by atoms with E-state index < -0.39 is 36.9 Å². The summed E-state index contributed by atoms with van der Waals surface area (Å²) in [6.07, 6.45) is 3.09.